The van der Waals surface area contributed by atoms with E-state index >= 15 is 0 Å². The van der Waals surface area contributed by atoms with Crippen molar-refractivity contribution in [3.63, 3.8) is 0 Å². The molecule has 0 aliphatic rings. The molecule has 0 aliphatic carbocycles. The fourth-order valence-electron chi connectivity index (χ4n) is 3.95. The van der Waals surface area contributed by atoms with Crippen molar-refractivity contribution in [1.29, 1.82) is 0 Å². The first-order chi connectivity index (χ1) is 18.9. The van der Waals surface area contributed by atoms with E-state index in [4.69, 9.17) is 10.5 Å². The first kappa shape index (κ1) is 26.9. The Morgan fingerprint density at radius 1 is 0.821 bits per heavy atom. The van der Waals surface area contributed by atoms with Gasteiger partial charge in [-0.15, -0.1) is 0 Å². The minimum absolute atomic E-state index is 0.0218. The molecule has 1 unspecified atom stereocenters. The average molecular weight is 527 g/mol. The van der Waals surface area contributed by atoms with Crippen molar-refractivity contribution >= 4 is 34.8 Å². The van der Waals surface area contributed by atoms with Gasteiger partial charge in [-0.2, -0.15) is 0 Å². The van der Waals surface area contributed by atoms with E-state index in [1.54, 1.807) is 54.6 Å². The Labute approximate surface area is 225 Å². The molecule has 1 atom stereocenters. The molecule has 0 saturated heterocycles. The second-order valence-corrected chi connectivity index (χ2v) is 8.63. The van der Waals surface area contributed by atoms with E-state index < -0.39 is 29.5 Å². The number of rotatable bonds is 9. The van der Waals surface area contributed by atoms with E-state index in [-0.39, 0.29) is 6.54 Å². The van der Waals surface area contributed by atoms with Gasteiger partial charge in [-0.3, -0.25) is 14.4 Å². The Balaban J connectivity index is 1.57. The molecule has 0 aromatic heterocycles. The summed E-state index contributed by atoms with van der Waals surface area (Å²) in [7, 11) is 1.47. The lowest BCUT2D eigenvalue weighted by atomic mass is 9.95. The summed E-state index contributed by atoms with van der Waals surface area (Å²) in [6.07, 6.45) is 0. The van der Waals surface area contributed by atoms with Crippen molar-refractivity contribution in [3.05, 3.63) is 120 Å². The van der Waals surface area contributed by atoms with Gasteiger partial charge in [0.05, 0.1) is 24.2 Å². The van der Waals surface area contributed by atoms with Gasteiger partial charge in [0, 0.05) is 12.1 Å². The number of nitrogens with one attached hydrogen (secondary N) is 3. The largest absolute Gasteiger partial charge is 0.495 e. The Morgan fingerprint density at radius 3 is 2.21 bits per heavy atom. The molecule has 0 fully saturated rings. The smallest absolute Gasteiger partial charge is 0.255 e. The first-order valence-electron chi connectivity index (χ1n) is 12.1. The van der Waals surface area contributed by atoms with Gasteiger partial charge < -0.3 is 26.4 Å². The van der Waals surface area contributed by atoms with E-state index in [1.807, 2.05) is 0 Å². The van der Waals surface area contributed by atoms with E-state index in [1.165, 1.54) is 49.6 Å². The number of benzene rings is 4. The van der Waals surface area contributed by atoms with Crippen LogP contribution in [0.1, 0.15) is 27.4 Å². The molecule has 0 spiro atoms. The molecular weight excluding hydrogens is 499 g/mol. The van der Waals surface area contributed by atoms with Gasteiger partial charge in [0.25, 0.3) is 5.91 Å². The number of halogens is 1. The van der Waals surface area contributed by atoms with Gasteiger partial charge in [-0.25, -0.2) is 4.39 Å². The summed E-state index contributed by atoms with van der Waals surface area (Å²) in [6, 6.07) is 25.6. The molecule has 0 saturated carbocycles. The van der Waals surface area contributed by atoms with Crippen molar-refractivity contribution in [1.82, 2.24) is 5.32 Å². The topological polar surface area (TPSA) is 123 Å². The van der Waals surface area contributed by atoms with Crippen LogP contribution < -0.4 is 26.4 Å². The standard InChI is InChI=1S/C30H27FN4O4/c1-39-26-12-5-4-11-25(26)35-30(38)27(29(37)33-18-19-7-6-8-22(31)17-19)20-13-15-21(16-14-20)28(36)34-24-10-3-2-9-23(24)32/h2-17,27H,18,32H2,1H3,(H,33,37)(H,34,36)(H,35,38). The minimum Gasteiger partial charge on any atom is -0.495 e. The summed E-state index contributed by atoms with van der Waals surface area (Å²) in [5.41, 5.74) is 8.40. The van der Waals surface area contributed by atoms with Crippen LogP contribution in [-0.2, 0) is 16.1 Å². The van der Waals surface area contributed by atoms with Crippen LogP contribution in [0.3, 0.4) is 0 Å². The van der Waals surface area contributed by atoms with Crippen molar-refractivity contribution in [2.24, 2.45) is 0 Å². The minimum atomic E-state index is -1.27. The Hall–Kier alpha value is -5.18. The highest BCUT2D eigenvalue weighted by atomic mass is 19.1. The molecule has 9 heteroatoms. The zero-order chi connectivity index (χ0) is 27.8. The fourth-order valence-corrected chi connectivity index (χ4v) is 3.95. The van der Waals surface area contributed by atoms with Gasteiger partial charge in [0.2, 0.25) is 11.8 Å². The number of carbonyl (C=O) groups excluding carboxylic acids is 3. The number of nitrogen functional groups attached to an aromatic ring is 1. The third-order valence-electron chi connectivity index (χ3n) is 5.96. The maximum atomic E-state index is 13.6. The third-order valence-corrected chi connectivity index (χ3v) is 5.96. The molecule has 0 bridgehead atoms. The molecule has 198 valence electrons. The normalized spacial score (nSPS) is 11.2. The highest BCUT2D eigenvalue weighted by molar-refractivity contribution is 6.12. The molecule has 4 aromatic carbocycles. The Bertz CT molecular complexity index is 1490. The van der Waals surface area contributed by atoms with Crippen molar-refractivity contribution in [2.75, 3.05) is 23.5 Å². The van der Waals surface area contributed by atoms with E-state index in [0.717, 1.165) is 0 Å². The molecular formula is C30H27FN4O4. The SMILES string of the molecule is COc1ccccc1NC(=O)C(C(=O)NCc1cccc(F)c1)c1ccc(C(=O)Nc2ccccc2N)cc1. The van der Waals surface area contributed by atoms with Crippen molar-refractivity contribution in [2.45, 2.75) is 12.5 Å². The number of hydrogen-bond donors (Lipinski definition) is 4. The number of methoxy groups -OCH3 is 1. The number of carbonyl (C=O) groups is 3. The molecule has 39 heavy (non-hydrogen) atoms. The van der Waals surface area contributed by atoms with Gasteiger partial charge in [-0.05, 0) is 59.7 Å². The number of amides is 3. The third kappa shape index (κ3) is 6.78. The lowest BCUT2D eigenvalue weighted by molar-refractivity contribution is -0.129. The molecule has 8 nitrogen and oxygen atoms in total. The Kier molecular flexibility index (Phi) is 8.53. The van der Waals surface area contributed by atoms with Crippen LogP contribution in [0.2, 0.25) is 0 Å². The van der Waals surface area contributed by atoms with Crippen molar-refractivity contribution < 1.29 is 23.5 Å². The predicted octanol–water partition coefficient (Wildman–Crippen LogP) is 4.71. The quantitative estimate of drug-likeness (QED) is 0.186. The maximum absolute atomic E-state index is 13.6. The second-order valence-electron chi connectivity index (χ2n) is 8.63. The molecule has 3 amide bonds. The summed E-state index contributed by atoms with van der Waals surface area (Å²) in [4.78, 5) is 39.4. The monoisotopic (exact) mass is 526 g/mol. The van der Waals surface area contributed by atoms with Crippen LogP contribution in [0.15, 0.2) is 97.1 Å². The zero-order valence-corrected chi connectivity index (χ0v) is 21.1. The van der Waals surface area contributed by atoms with Crippen LogP contribution in [0.4, 0.5) is 21.5 Å². The molecule has 0 aliphatic heterocycles. The molecule has 0 heterocycles. The zero-order valence-electron chi connectivity index (χ0n) is 21.1. The number of ether oxygens (including phenoxy) is 1. The number of para-hydroxylation sites is 4. The van der Waals surface area contributed by atoms with Gasteiger partial charge in [0.1, 0.15) is 17.5 Å². The van der Waals surface area contributed by atoms with E-state index in [0.29, 0.717) is 39.5 Å². The van der Waals surface area contributed by atoms with Gasteiger partial charge in [-0.1, -0.05) is 48.5 Å². The maximum Gasteiger partial charge on any atom is 0.255 e. The lowest BCUT2D eigenvalue weighted by Crippen LogP contribution is -2.36. The molecule has 5 N–H and O–H groups in total. The summed E-state index contributed by atoms with van der Waals surface area (Å²) in [5.74, 6) is -2.88. The molecule has 0 radical (unpaired) electrons. The predicted molar refractivity (Wildman–Crippen MR) is 148 cm³/mol. The van der Waals surface area contributed by atoms with Crippen LogP contribution in [0.5, 0.6) is 5.75 Å². The number of nitrogens with two attached hydrogens (primary N) is 1. The molecule has 4 aromatic rings. The van der Waals surface area contributed by atoms with Gasteiger partial charge in [0.15, 0.2) is 0 Å². The second kappa shape index (κ2) is 12.4. The number of anilines is 3. The van der Waals surface area contributed by atoms with Crippen LogP contribution in [0.25, 0.3) is 0 Å². The Morgan fingerprint density at radius 2 is 1.51 bits per heavy atom. The van der Waals surface area contributed by atoms with E-state index in [2.05, 4.69) is 16.0 Å². The summed E-state index contributed by atoms with van der Waals surface area (Å²) >= 11 is 0. The van der Waals surface area contributed by atoms with Crippen molar-refractivity contribution in [3.8, 4) is 5.75 Å². The first-order valence-corrected chi connectivity index (χ1v) is 12.1. The summed E-state index contributed by atoms with van der Waals surface area (Å²) in [6.45, 7) is 0.0218. The average Bonchev–Trinajstić information content (AvgIpc) is 2.94. The number of hydrogen-bond acceptors (Lipinski definition) is 5. The highest BCUT2D eigenvalue weighted by Crippen LogP contribution is 2.26. The highest BCUT2D eigenvalue weighted by Gasteiger charge is 2.29. The van der Waals surface area contributed by atoms with Gasteiger partial charge >= 0.3 is 0 Å². The van der Waals surface area contributed by atoms with Crippen LogP contribution in [0, 0.1) is 5.82 Å². The van der Waals surface area contributed by atoms with Crippen LogP contribution in [-0.4, -0.2) is 24.8 Å². The summed E-state index contributed by atoms with van der Waals surface area (Å²) < 4.78 is 18.9. The summed E-state index contributed by atoms with van der Waals surface area (Å²) in [5, 5.41) is 8.19. The van der Waals surface area contributed by atoms with Crippen LogP contribution >= 0.6 is 0 Å². The molecule has 4 rings (SSSR count). The lowest BCUT2D eigenvalue weighted by Gasteiger charge is -2.19. The fraction of sp³-hybridized carbons (Fsp3) is 0.100. The van der Waals surface area contributed by atoms with E-state index in [9.17, 15) is 18.8 Å².